The minimum atomic E-state index is -4.50. The first-order valence-electron chi connectivity index (χ1n) is 6.90. The normalized spacial score (nSPS) is 21.0. The fourth-order valence-electron chi connectivity index (χ4n) is 2.98. The van der Waals surface area contributed by atoms with Gasteiger partial charge < -0.3 is 10.8 Å². The van der Waals surface area contributed by atoms with Gasteiger partial charge in [-0.15, -0.1) is 5.10 Å². The van der Waals surface area contributed by atoms with Crippen LogP contribution in [0.2, 0.25) is 0 Å². The first kappa shape index (κ1) is 15.3. The summed E-state index contributed by atoms with van der Waals surface area (Å²) in [5, 5.41) is 13.1. The van der Waals surface area contributed by atoms with Crippen molar-refractivity contribution in [3.8, 4) is 0 Å². The Kier molecular flexibility index (Phi) is 3.50. The average Bonchev–Trinajstić information content (AvgIpc) is 2.86. The number of nitrogens with zero attached hydrogens (tertiary/aromatic N) is 3. The quantitative estimate of drug-likeness (QED) is 0.884. The Morgan fingerprint density at radius 3 is 2.65 bits per heavy atom. The molecule has 122 valence electrons. The number of halogens is 3. The van der Waals surface area contributed by atoms with E-state index in [2.05, 4.69) is 10.1 Å². The lowest BCUT2D eigenvalue weighted by atomic mass is 9.85. The molecule has 0 bridgehead atoms. The largest absolute Gasteiger partial charge is 0.480 e. The Labute approximate surface area is 128 Å². The van der Waals surface area contributed by atoms with Crippen LogP contribution in [0, 0.1) is 0 Å². The van der Waals surface area contributed by atoms with E-state index in [0.717, 1.165) is 10.7 Å². The number of hydrogen-bond acceptors (Lipinski definition) is 4. The van der Waals surface area contributed by atoms with Crippen LogP contribution in [0.4, 0.5) is 19.1 Å². The highest BCUT2D eigenvalue weighted by molar-refractivity contribution is 5.72. The molecule has 2 atom stereocenters. The summed E-state index contributed by atoms with van der Waals surface area (Å²) in [5.74, 6) is -1.81. The van der Waals surface area contributed by atoms with Crippen molar-refractivity contribution in [2.45, 2.75) is 31.0 Å². The molecule has 0 fully saturated rings. The van der Waals surface area contributed by atoms with Crippen LogP contribution in [0.25, 0.3) is 0 Å². The van der Waals surface area contributed by atoms with Crippen molar-refractivity contribution < 1.29 is 23.1 Å². The lowest BCUT2D eigenvalue weighted by Crippen LogP contribution is -2.29. The zero-order valence-electron chi connectivity index (χ0n) is 11.8. The number of nitrogen functional groups attached to an aromatic ring is 1. The summed E-state index contributed by atoms with van der Waals surface area (Å²) >= 11 is 0. The van der Waals surface area contributed by atoms with Gasteiger partial charge in [0.1, 0.15) is 5.82 Å². The summed E-state index contributed by atoms with van der Waals surface area (Å²) < 4.78 is 40.8. The number of hydrogen-bond donors (Lipinski definition) is 2. The van der Waals surface area contributed by atoms with Crippen LogP contribution >= 0.6 is 0 Å². The standard InChI is InChI=1S/C14H13F3N4O2/c15-14(16,17)9-4-2-1-3-7(9)8-5-6-10(12(22)23)21-11(8)19-13(18)20-21/h1-4,8,10H,5-6H2,(H2,18,20)(H,22,23). The molecule has 1 aliphatic heterocycles. The second-order valence-electron chi connectivity index (χ2n) is 5.34. The van der Waals surface area contributed by atoms with Gasteiger partial charge in [0.15, 0.2) is 6.04 Å². The third kappa shape index (κ3) is 2.62. The Morgan fingerprint density at radius 2 is 2.00 bits per heavy atom. The van der Waals surface area contributed by atoms with E-state index in [1.54, 1.807) is 0 Å². The van der Waals surface area contributed by atoms with Gasteiger partial charge in [0.2, 0.25) is 5.95 Å². The van der Waals surface area contributed by atoms with Gasteiger partial charge in [-0.3, -0.25) is 0 Å². The molecule has 1 aromatic heterocycles. The third-order valence-corrected chi connectivity index (χ3v) is 3.94. The van der Waals surface area contributed by atoms with Gasteiger partial charge in [0, 0.05) is 5.92 Å². The molecule has 3 N–H and O–H groups in total. The van der Waals surface area contributed by atoms with Crippen LogP contribution in [0.5, 0.6) is 0 Å². The van der Waals surface area contributed by atoms with E-state index in [1.165, 1.54) is 18.2 Å². The first-order chi connectivity index (χ1) is 10.8. The number of carboxylic acid groups (broad SMARTS) is 1. The number of carbonyl (C=O) groups is 1. The molecule has 9 heteroatoms. The van der Waals surface area contributed by atoms with E-state index in [-0.39, 0.29) is 30.2 Å². The van der Waals surface area contributed by atoms with Crippen molar-refractivity contribution in [1.29, 1.82) is 0 Å². The molecule has 0 radical (unpaired) electrons. The molecule has 0 aliphatic carbocycles. The van der Waals surface area contributed by atoms with Crippen molar-refractivity contribution >= 4 is 11.9 Å². The van der Waals surface area contributed by atoms with Gasteiger partial charge >= 0.3 is 12.1 Å². The Morgan fingerprint density at radius 1 is 1.30 bits per heavy atom. The summed E-state index contributed by atoms with van der Waals surface area (Å²) in [4.78, 5) is 15.3. The van der Waals surface area contributed by atoms with E-state index in [4.69, 9.17) is 5.73 Å². The van der Waals surface area contributed by atoms with Gasteiger partial charge in [-0.25, -0.2) is 9.48 Å². The molecular weight excluding hydrogens is 313 g/mol. The van der Waals surface area contributed by atoms with Crippen molar-refractivity contribution in [3.63, 3.8) is 0 Å². The lowest BCUT2D eigenvalue weighted by Gasteiger charge is -2.28. The molecule has 1 aromatic carbocycles. The number of fused-ring (bicyclic) bond motifs is 1. The highest BCUT2D eigenvalue weighted by Crippen LogP contribution is 2.42. The van der Waals surface area contributed by atoms with Crippen LogP contribution in [-0.2, 0) is 11.0 Å². The Hall–Kier alpha value is -2.58. The topological polar surface area (TPSA) is 94.0 Å². The number of aliphatic carboxylic acids is 1. The summed E-state index contributed by atoms with van der Waals surface area (Å²) in [6.45, 7) is 0. The molecule has 23 heavy (non-hydrogen) atoms. The highest BCUT2D eigenvalue weighted by atomic mass is 19.4. The second kappa shape index (κ2) is 5.25. The van der Waals surface area contributed by atoms with Crippen molar-refractivity contribution in [2.75, 3.05) is 5.73 Å². The Balaban J connectivity index is 2.12. The number of aromatic nitrogens is 3. The van der Waals surface area contributed by atoms with Crippen LogP contribution < -0.4 is 5.73 Å². The van der Waals surface area contributed by atoms with E-state index >= 15 is 0 Å². The van der Waals surface area contributed by atoms with Gasteiger partial charge in [-0.2, -0.15) is 18.2 Å². The maximum atomic E-state index is 13.2. The monoisotopic (exact) mass is 326 g/mol. The number of alkyl halides is 3. The molecule has 2 heterocycles. The highest BCUT2D eigenvalue weighted by Gasteiger charge is 2.40. The van der Waals surface area contributed by atoms with E-state index in [0.29, 0.717) is 0 Å². The SMILES string of the molecule is Nc1nc2n(n1)C(C(=O)O)CCC2c1ccccc1C(F)(F)F. The van der Waals surface area contributed by atoms with Crippen LogP contribution in [0.1, 0.15) is 41.8 Å². The smallest absolute Gasteiger partial charge is 0.416 e. The predicted molar refractivity (Wildman–Crippen MR) is 73.6 cm³/mol. The van der Waals surface area contributed by atoms with E-state index in [1.807, 2.05) is 0 Å². The summed E-state index contributed by atoms with van der Waals surface area (Å²) in [6, 6.07) is 4.24. The first-order valence-corrected chi connectivity index (χ1v) is 6.90. The second-order valence-corrected chi connectivity index (χ2v) is 5.34. The lowest BCUT2D eigenvalue weighted by molar-refractivity contribution is -0.142. The molecule has 0 amide bonds. The number of rotatable bonds is 2. The van der Waals surface area contributed by atoms with Gasteiger partial charge in [-0.1, -0.05) is 18.2 Å². The molecule has 0 saturated heterocycles. The fourth-order valence-corrected chi connectivity index (χ4v) is 2.98. The summed E-state index contributed by atoms with van der Waals surface area (Å²) in [5.41, 5.74) is 4.82. The zero-order chi connectivity index (χ0) is 16.8. The maximum Gasteiger partial charge on any atom is 0.416 e. The molecule has 1 aliphatic rings. The molecule has 2 aromatic rings. The number of nitrogens with two attached hydrogens (primary N) is 1. The van der Waals surface area contributed by atoms with Crippen LogP contribution in [0.3, 0.4) is 0 Å². The minimum Gasteiger partial charge on any atom is -0.480 e. The number of carboxylic acids is 1. The number of anilines is 1. The van der Waals surface area contributed by atoms with Crippen LogP contribution in [0.15, 0.2) is 24.3 Å². The zero-order valence-corrected chi connectivity index (χ0v) is 11.8. The van der Waals surface area contributed by atoms with E-state index < -0.39 is 29.7 Å². The summed E-state index contributed by atoms with van der Waals surface area (Å²) in [6.07, 6.45) is -4.12. The molecule has 3 rings (SSSR count). The molecular formula is C14H13F3N4O2. The maximum absolute atomic E-state index is 13.2. The van der Waals surface area contributed by atoms with Gasteiger partial charge in [-0.05, 0) is 24.5 Å². The predicted octanol–water partition coefficient (Wildman–Crippen LogP) is 2.43. The van der Waals surface area contributed by atoms with Gasteiger partial charge in [0.05, 0.1) is 5.56 Å². The number of benzene rings is 1. The van der Waals surface area contributed by atoms with Crippen LogP contribution in [-0.4, -0.2) is 25.8 Å². The van der Waals surface area contributed by atoms with Crippen molar-refractivity contribution in [3.05, 3.63) is 41.2 Å². The minimum absolute atomic E-state index is 0.0532. The van der Waals surface area contributed by atoms with Crippen molar-refractivity contribution in [2.24, 2.45) is 0 Å². The molecule has 6 nitrogen and oxygen atoms in total. The molecule has 2 unspecified atom stereocenters. The molecule has 0 spiro atoms. The fraction of sp³-hybridized carbons (Fsp3) is 0.357. The van der Waals surface area contributed by atoms with E-state index in [9.17, 15) is 23.1 Å². The van der Waals surface area contributed by atoms with Gasteiger partial charge in [0.25, 0.3) is 0 Å². The summed E-state index contributed by atoms with van der Waals surface area (Å²) in [7, 11) is 0. The molecule has 0 saturated carbocycles. The average molecular weight is 326 g/mol. The van der Waals surface area contributed by atoms with Crippen molar-refractivity contribution in [1.82, 2.24) is 14.8 Å². The third-order valence-electron chi connectivity index (χ3n) is 3.94. The Bertz CT molecular complexity index is 757.